The smallest absolute Gasteiger partial charge is 0.167 e. The predicted molar refractivity (Wildman–Crippen MR) is 81.0 cm³/mol. The van der Waals surface area contributed by atoms with E-state index in [1.165, 1.54) is 11.1 Å². The van der Waals surface area contributed by atoms with Crippen LogP contribution in [0, 0.1) is 0 Å². The topological polar surface area (TPSA) is 20.3 Å². The van der Waals surface area contributed by atoms with Gasteiger partial charge in [0.2, 0.25) is 0 Å². The van der Waals surface area contributed by atoms with Gasteiger partial charge in [0.15, 0.2) is 5.78 Å². The van der Waals surface area contributed by atoms with Gasteiger partial charge in [0.25, 0.3) is 0 Å². The summed E-state index contributed by atoms with van der Waals surface area (Å²) in [6.07, 6.45) is 1.43. The summed E-state index contributed by atoms with van der Waals surface area (Å²) in [5.41, 5.74) is 4.48. The Morgan fingerprint density at radius 3 is 2.35 bits per heavy atom. The van der Waals surface area contributed by atoms with Crippen LogP contribution in [-0.2, 0) is 19.4 Å². The molecule has 1 heterocycles. The summed E-state index contributed by atoms with van der Waals surface area (Å²) in [4.78, 5) is 14.9. The number of carbonyl (C=O) groups is 1. The number of benzene rings is 2. The van der Waals surface area contributed by atoms with Crippen molar-refractivity contribution < 1.29 is 4.79 Å². The Balaban J connectivity index is 2.03. The van der Waals surface area contributed by atoms with Gasteiger partial charge in [-0.15, -0.1) is 0 Å². The van der Waals surface area contributed by atoms with Crippen LogP contribution in [0.5, 0.6) is 0 Å². The molecule has 2 nitrogen and oxygen atoms in total. The fourth-order valence-electron chi connectivity index (χ4n) is 2.84. The molecule has 0 unspecified atom stereocenters. The van der Waals surface area contributed by atoms with E-state index in [2.05, 4.69) is 36.2 Å². The minimum Gasteiger partial charge on any atom is -0.302 e. The molecule has 0 amide bonds. The lowest BCUT2D eigenvalue weighted by Gasteiger charge is -2.21. The highest BCUT2D eigenvalue weighted by molar-refractivity contribution is 5.99. The maximum absolute atomic E-state index is 12.6. The number of fused-ring (bicyclic) bond motifs is 2. The van der Waals surface area contributed by atoms with E-state index in [1.807, 2.05) is 24.3 Å². The second kappa shape index (κ2) is 5.59. The lowest BCUT2D eigenvalue weighted by Crippen LogP contribution is -2.24. The van der Waals surface area contributed by atoms with Crippen LogP contribution in [0.25, 0.3) is 0 Å². The fourth-order valence-corrected chi connectivity index (χ4v) is 2.84. The maximum Gasteiger partial charge on any atom is 0.167 e. The van der Waals surface area contributed by atoms with Gasteiger partial charge in [0.1, 0.15) is 0 Å². The Labute approximate surface area is 120 Å². The number of rotatable bonds is 0. The third-order valence-corrected chi connectivity index (χ3v) is 3.99. The van der Waals surface area contributed by atoms with Crippen LogP contribution in [0.1, 0.15) is 27.0 Å². The van der Waals surface area contributed by atoms with Crippen LogP contribution < -0.4 is 0 Å². The van der Waals surface area contributed by atoms with E-state index < -0.39 is 0 Å². The van der Waals surface area contributed by atoms with Gasteiger partial charge < -0.3 is 4.90 Å². The molecule has 3 rings (SSSR count). The van der Waals surface area contributed by atoms with E-state index in [9.17, 15) is 4.79 Å². The minimum absolute atomic E-state index is 0.234. The van der Waals surface area contributed by atoms with Gasteiger partial charge >= 0.3 is 0 Å². The number of carbonyl (C=O) groups excluding carboxylic acids is 1. The van der Waals surface area contributed by atoms with Gasteiger partial charge in [-0.3, -0.25) is 4.79 Å². The molecule has 2 heteroatoms. The minimum atomic E-state index is 0.234. The number of ketones is 1. The zero-order valence-corrected chi connectivity index (χ0v) is 11.8. The van der Waals surface area contributed by atoms with Gasteiger partial charge in [-0.1, -0.05) is 48.5 Å². The molecule has 0 fully saturated rings. The Hall–Kier alpha value is -1.93. The lowest BCUT2D eigenvalue weighted by molar-refractivity contribution is 0.0991. The van der Waals surface area contributed by atoms with Crippen molar-refractivity contribution in [1.82, 2.24) is 4.90 Å². The molecule has 1 aliphatic rings. The highest BCUT2D eigenvalue weighted by Gasteiger charge is 2.16. The second-order valence-electron chi connectivity index (χ2n) is 5.51. The average molecular weight is 265 g/mol. The quantitative estimate of drug-likeness (QED) is 0.729. The fraction of sp³-hybridized carbons (Fsp3) is 0.278. The molecular formula is C18H19NO. The first-order chi connectivity index (χ1) is 9.74. The van der Waals surface area contributed by atoms with Gasteiger partial charge in [0.05, 0.1) is 0 Å². The summed E-state index contributed by atoms with van der Waals surface area (Å²) in [5, 5.41) is 0. The van der Waals surface area contributed by atoms with Crippen LogP contribution in [0.3, 0.4) is 0 Å². The van der Waals surface area contributed by atoms with E-state index in [-0.39, 0.29) is 5.78 Å². The lowest BCUT2D eigenvalue weighted by atomic mass is 9.93. The molecule has 1 aliphatic heterocycles. The number of hydrogen-bond donors (Lipinski definition) is 0. The van der Waals surface area contributed by atoms with Gasteiger partial charge in [-0.05, 0) is 30.2 Å². The first-order valence-corrected chi connectivity index (χ1v) is 7.10. The molecule has 0 saturated heterocycles. The Bertz CT molecular complexity index is 633. The van der Waals surface area contributed by atoms with Crippen LogP contribution in [0.15, 0.2) is 48.5 Å². The van der Waals surface area contributed by atoms with Gasteiger partial charge in [-0.2, -0.15) is 0 Å². The third-order valence-electron chi connectivity index (χ3n) is 3.99. The Morgan fingerprint density at radius 1 is 0.900 bits per heavy atom. The largest absolute Gasteiger partial charge is 0.302 e. The summed E-state index contributed by atoms with van der Waals surface area (Å²) < 4.78 is 0. The number of likely N-dealkylation sites (N-methyl/N-ethyl adjacent to an activating group) is 1. The van der Waals surface area contributed by atoms with Gasteiger partial charge in [0, 0.05) is 25.1 Å². The van der Waals surface area contributed by atoms with E-state index in [1.54, 1.807) is 0 Å². The van der Waals surface area contributed by atoms with Crippen LogP contribution in [0.2, 0.25) is 0 Å². The van der Waals surface area contributed by atoms with E-state index in [4.69, 9.17) is 0 Å². The molecule has 0 bridgehead atoms. The molecule has 0 radical (unpaired) electrons. The molecule has 0 saturated carbocycles. The molecule has 2 aromatic carbocycles. The normalized spacial score (nSPS) is 16.4. The highest BCUT2D eigenvalue weighted by atomic mass is 16.1. The van der Waals surface area contributed by atoms with Crippen LogP contribution >= 0.6 is 0 Å². The third kappa shape index (κ3) is 2.66. The van der Waals surface area contributed by atoms with E-state index >= 15 is 0 Å². The molecule has 0 aromatic heterocycles. The van der Waals surface area contributed by atoms with Crippen molar-refractivity contribution in [3.05, 3.63) is 70.8 Å². The molecule has 20 heavy (non-hydrogen) atoms. The zero-order chi connectivity index (χ0) is 13.9. The van der Waals surface area contributed by atoms with Crippen molar-refractivity contribution in [2.45, 2.75) is 19.4 Å². The number of hydrogen-bond acceptors (Lipinski definition) is 2. The average Bonchev–Trinajstić information content (AvgIpc) is 2.47. The number of nitrogens with zero attached hydrogens (tertiary/aromatic N) is 1. The first-order valence-electron chi connectivity index (χ1n) is 7.10. The summed E-state index contributed by atoms with van der Waals surface area (Å²) in [6.45, 7) is 1.88. The van der Waals surface area contributed by atoms with Crippen molar-refractivity contribution in [3.63, 3.8) is 0 Å². The molecule has 2 aromatic rings. The summed E-state index contributed by atoms with van der Waals surface area (Å²) >= 11 is 0. The molecule has 0 atom stereocenters. The summed E-state index contributed by atoms with van der Waals surface area (Å²) in [5.74, 6) is 0.234. The number of Topliss-reactive ketones (excluding diaryl/α,β-unsaturated/α-hetero) is 1. The van der Waals surface area contributed by atoms with Crippen molar-refractivity contribution in [1.29, 1.82) is 0 Å². The van der Waals surface area contributed by atoms with Crippen molar-refractivity contribution >= 4 is 5.78 Å². The van der Waals surface area contributed by atoms with E-state index in [0.717, 1.165) is 30.6 Å². The summed E-state index contributed by atoms with van der Waals surface area (Å²) in [7, 11) is 2.14. The van der Waals surface area contributed by atoms with Crippen molar-refractivity contribution in [2.24, 2.45) is 0 Å². The predicted octanol–water partition coefficient (Wildman–Crippen LogP) is 3.10. The van der Waals surface area contributed by atoms with Crippen molar-refractivity contribution in [3.8, 4) is 0 Å². The molecule has 0 N–H and O–H groups in total. The maximum atomic E-state index is 12.6. The zero-order valence-electron chi connectivity index (χ0n) is 11.8. The van der Waals surface area contributed by atoms with Crippen molar-refractivity contribution in [2.75, 3.05) is 13.6 Å². The monoisotopic (exact) mass is 265 g/mol. The first kappa shape index (κ1) is 13.1. The van der Waals surface area contributed by atoms with Crippen LogP contribution in [-0.4, -0.2) is 24.3 Å². The standard InChI is InChI=1S/C18H19NO/c1-19-11-10-14-6-4-5-9-17(14)18(20)12-15-7-2-3-8-16(15)13-19/h2-9H,10-13H2,1H3. The van der Waals surface area contributed by atoms with Gasteiger partial charge in [-0.25, -0.2) is 0 Å². The molecular weight excluding hydrogens is 246 g/mol. The molecule has 0 aliphatic carbocycles. The SMILES string of the molecule is CN1CCc2ccccc2C(=O)Cc2ccccc2C1. The summed E-state index contributed by atoms with van der Waals surface area (Å²) in [6, 6.07) is 16.3. The van der Waals surface area contributed by atoms with E-state index in [0.29, 0.717) is 6.42 Å². The Morgan fingerprint density at radius 2 is 1.55 bits per heavy atom. The van der Waals surface area contributed by atoms with Crippen LogP contribution in [0.4, 0.5) is 0 Å². The molecule has 0 spiro atoms. The Kier molecular flexibility index (Phi) is 3.66. The molecule has 102 valence electrons. The highest BCUT2D eigenvalue weighted by Crippen LogP contribution is 2.19. The second-order valence-corrected chi connectivity index (χ2v) is 5.51.